The van der Waals surface area contributed by atoms with Crippen LogP contribution < -0.4 is 5.73 Å². The van der Waals surface area contributed by atoms with E-state index >= 15 is 0 Å². The van der Waals surface area contributed by atoms with Crippen LogP contribution in [-0.4, -0.2) is 5.91 Å². The van der Waals surface area contributed by atoms with Crippen molar-refractivity contribution in [3.05, 3.63) is 12.2 Å². The van der Waals surface area contributed by atoms with E-state index in [1.54, 1.807) is 0 Å². The van der Waals surface area contributed by atoms with Gasteiger partial charge >= 0.3 is 0 Å². The van der Waals surface area contributed by atoms with Gasteiger partial charge in [0.25, 0.3) is 0 Å². The van der Waals surface area contributed by atoms with Gasteiger partial charge in [-0.1, -0.05) is 19.1 Å². The summed E-state index contributed by atoms with van der Waals surface area (Å²) in [4.78, 5) is 10.5. The van der Waals surface area contributed by atoms with Gasteiger partial charge < -0.3 is 5.73 Å². The predicted molar refractivity (Wildman–Crippen MR) is 37.8 cm³/mol. The molecule has 0 fully saturated rings. The predicted octanol–water partition coefficient (Wildman–Crippen LogP) is 1.07. The molecule has 9 heavy (non-hydrogen) atoms. The Hall–Kier alpha value is -0.790. The van der Waals surface area contributed by atoms with E-state index in [4.69, 9.17) is 5.73 Å². The van der Waals surface area contributed by atoms with Gasteiger partial charge in [-0.25, -0.2) is 0 Å². The molecule has 52 valence electrons. The summed E-state index contributed by atoms with van der Waals surface area (Å²) in [5.41, 5.74) is 5.04. The van der Waals surface area contributed by atoms with Crippen molar-refractivity contribution >= 4 is 5.91 Å². The summed E-state index contributed by atoms with van der Waals surface area (Å²) < 4.78 is 0. The van der Waals surface area contributed by atoms with E-state index in [0.717, 1.165) is 6.42 Å². The fourth-order valence-electron chi connectivity index (χ4n) is 0.664. The monoisotopic (exact) mass is 127 g/mol. The van der Waals surface area contributed by atoms with Crippen LogP contribution in [0, 0.1) is 5.92 Å². The Bertz CT molecular complexity index is 118. The highest BCUT2D eigenvalue weighted by Gasteiger charge is 2.06. The molecule has 1 amide bonds. The zero-order valence-electron chi connectivity index (χ0n) is 5.92. The summed E-state index contributed by atoms with van der Waals surface area (Å²) in [7, 11) is 0. The molecule has 1 atom stereocenters. The second-order valence-corrected chi connectivity index (χ2v) is 1.94. The van der Waals surface area contributed by atoms with Crippen molar-refractivity contribution in [3.8, 4) is 0 Å². The Morgan fingerprint density at radius 2 is 2.33 bits per heavy atom. The SMILES string of the molecule is C/C=C/C(CC)C(N)=O. The molecule has 2 heteroatoms. The van der Waals surface area contributed by atoms with Crippen LogP contribution in [0.3, 0.4) is 0 Å². The molecule has 0 aliphatic carbocycles. The number of nitrogens with two attached hydrogens (primary N) is 1. The summed E-state index contributed by atoms with van der Waals surface area (Å²) in [5.74, 6) is -0.314. The summed E-state index contributed by atoms with van der Waals surface area (Å²) in [6.07, 6.45) is 4.46. The lowest BCUT2D eigenvalue weighted by Gasteiger charge is -2.01. The van der Waals surface area contributed by atoms with E-state index in [2.05, 4.69) is 0 Å². The van der Waals surface area contributed by atoms with Gasteiger partial charge in [0.1, 0.15) is 0 Å². The third-order valence-electron chi connectivity index (χ3n) is 1.23. The van der Waals surface area contributed by atoms with Crippen molar-refractivity contribution in [1.29, 1.82) is 0 Å². The molecule has 1 unspecified atom stereocenters. The van der Waals surface area contributed by atoms with Crippen LogP contribution in [0.1, 0.15) is 20.3 Å². The molecule has 0 aliphatic rings. The summed E-state index contributed by atoms with van der Waals surface area (Å²) >= 11 is 0. The second kappa shape index (κ2) is 4.13. The summed E-state index contributed by atoms with van der Waals surface area (Å²) in [6, 6.07) is 0. The van der Waals surface area contributed by atoms with Gasteiger partial charge in [0.05, 0.1) is 5.92 Å². The molecule has 0 saturated heterocycles. The fourth-order valence-corrected chi connectivity index (χ4v) is 0.664. The fraction of sp³-hybridized carbons (Fsp3) is 0.571. The molecule has 0 bridgehead atoms. The Morgan fingerprint density at radius 3 is 2.44 bits per heavy atom. The average Bonchev–Trinajstić information content (AvgIpc) is 1.82. The highest BCUT2D eigenvalue weighted by molar-refractivity contribution is 5.78. The number of primary amides is 1. The standard InChI is InChI=1S/C7H13NO/c1-3-5-6(4-2)7(8)9/h3,5-6H,4H2,1-2H3,(H2,8,9)/b5-3+. The van der Waals surface area contributed by atoms with Crippen molar-refractivity contribution < 1.29 is 4.79 Å². The number of rotatable bonds is 3. The first-order chi connectivity index (χ1) is 4.22. The molecule has 2 N–H and O–H groups in total. The zero-order chi connectivity index (χ0) is 7.28. The molecular formula is C7H13NO. The number of allylic oxidation sites excluding steroid dienone is 1. The first kappa shape index (κ1) is 8.21. The minimum atomic E-state index is -0.240. The maximum Gasteiger partial charge on any atom is 0.224 e. The van der Waals surface area contributed by atoms with E-state index < -0.39 is 0 Å². The number of hydrogen-bond donors (Lipinski definition) is 1. The van der Waals surface area contributed by atoms with Crippen LogP contribution in [-0.2, 0) is 4.79 Å². The van der Waals surface area contributed by atoms with E-state index in [0.29, 0.717) is 0 Å². The van der Waals surface area contributed by atoms with Crippen LogP contribution in [0.5, 0.6) is 0 Å². The summed E-state index contributed by atoms with van der Waals surface area (Å²) in [6.45, 7) is 3.82. The molecule has 2 nitrogen and oxygen atoms in total. The smallest absolute Gasteiger partial charge is 0.224 e. The van der Waals surface area contributed by atoms with Crippen LogP contribution in [0.25, 0.3) is 0 Å². The van der Waals surface area contributed by atoms with Crippen LogP contribution in [0.2, 0.25) is 0 Å². The normalized spacial score (nSPS) is 14.0. The molecule has 0 rings (SSSR count). The van der Waals surface area contributed by atoms with E-state index in [1.165, 1.54) is 0 Å². The van der Waals surface area contributed by atoms with Gasteiger partial charge in [-0.05, 0) is 13.3 Å². The van der Waals surface area contributed by atoms with Crippen molar-refractivity contribution in [2.75, 3.05) is 0 Å². The molecule has 0 aromatic heterocycles. The molecule has 0 radical (unpaired) electrons. The van der Waals surface area contributed by atoms with Crippen LogP contribution >= 0.6 is 0 Å². The van der Waals surface area contributed by atoms with Crippen molar-refractivity contribution in [1.82, 2.24) is 0 Å². The van der Waals surface area contributed by atoms with Crippen molar-refractivity contribution in [2.45, 2.75) is 20.3 Å². The quantitative estimate of drug-likeness (QED) is 0.566. The number of amides is 1. The number of hydrogen-bond acceptors (Lipinski definition) is 1. The van der Waals surface area contributed by atoms with Gasteiger partial charge in [-0.2, -0.15) is 0 Å². The Kier molecular flexibility index (Phi) is 3.76. The van der Waals surface area contributed by atoms with E-state index in [1.807, 2.05) is 26.0 Å². The minimum Gasteiger partial charge on any atom is -0.369 e. The lowest BCUT2D eigenvalue weighted by molar-refractivity contribution is -0.120. The first-order valence-corrected chi connectivity index (χ1v) is 3.14. The highest BCUT2D eigenvalue weighted by atomic mass is 16.1. The highest BCUT2D eigenvalue weighted by Crippen LogP contribution is 2.01. The van der Waals surface area contributed by atoms with E-state index in [-0.39, 0.29) is 11.8 Å². The van der Waals surface area contributed by atoms with Gasteiger partial charge in [-0.15, -0.1) is 0 Å². The second-order valence-electron chi connectivity index (χ2n) is 1.94. The third-order valence-corrected chi connectivity index (χ3v) is 1.23. The van der Waals surface area contributed by atoms with Gasteiger partial charge in [0.2, 0.25) is 5.91 Å². The third kappa shape index (κ3) is 2.90. The largest absolute Gasteiger partial charge is 0.369 e. The van der Waals surface area contributed by atoms with Crippen molar-refractivity contribution in [2.24, 2.45) is 11.7 Å². The zero-order valence-corrected chi connectivity index (χ0v) is 5.92. The number of carbonyl (C=O) groups is 1. The topological polar surface area (TPSA) is 43.1 Å². The molecule has 0 aromatic carbocycles. The first-order valence-electron chi connectivity index (χ1n) is 3.14. The maximum atomic E-state index is 10.5. The molecule has 0 aliphatic heterocycles. The van der Waals surface area contributed by atoms with Crippen LogP contribution in [0.15, 0.2) is 12.2 Å². The maximum absolute atomic E-state index is 10.5. The Labute approximate surface area is 55.7 Å². The molecule has 0 spiro atoms. The average molecular weight is 127 g/mol. The van der Waals surface area contributed by atoms with Gasteiger partial charge in [-0.3, -0.25) is 4.79 Å². The van der Waals surface area contributed by atoms with E-state index in [9.17, 15) is 4.79 Å². The molecule has 0 saturated carbocycles. The summed E-state index contributed by atoms with van der Waals surface area (Å²) in [5, 5.41) is 0. The Morgan fingerprint density at radius 1 is 1.78 bits per heavy atom. The minimum absolute atomic E-state index is 0.0741. The molecule has 0 heterocycles. The lowest BCUT2D eigenvalue weighted by Crippen LogP contribution is -2.20. The Balaban J connectivity index is 3.83. The van der Waals surface area contributed by atoms with Crippen LogP contribution in [0.4, 0.5) is 0 Å². The number of carbonyl (C=O) groups excluding carboxylic acids is 1. The van der Waals surface area contributed by atoms with Crippen molar-refractivity contribution in [3.63, 3.8) is 0 Å². The lowest BCUT2D eigenvalue weighted by atomic mass is 10.1. The molecule has 0 aromatic rings. The van der Waals surface area contributed by atoms with Gasteiger partial charge in [0.15, 0.2) is 0 Å². The molecular weight excluding hydrogens is 114 g/mol. The van der Waals surface area contributed by atoms with Gasteiger partial charge in [0, 0.05) is 0 Å².